The first-order valence-electron chi connectivity index (χ1n) is 9.37. The van der Waals surface area contributed by atoms with Crippen molar-refractivity contribution in [2.24, 2.45) is 0 Å². The zero-order chi connectivity index (χ0) is 21.2. The molecule has 1 heterocycles. The quantitative estimate of drug-likeness (QED) is 0.359. The zero-order valence-electron chi connectivity index (χ0n) is 16.8. The van der Waals surface area contributed by atoms with Crippen LogP contribution in [-0.4, -0.2) is 32.7 Å². The molecular weight excluding hydrogens is 390 g/mol. The molecule has 0 atom stereocenters. The van der Waals surface area contributed by atoms with Crippen LogP contribution in [0.2, 0.25) is 5.02 Å². The van der Waals surface area contributed by atoms with Crippen LogP contribution >= 0.6 is 11.6 Å². The minimum absolute atomic E-state index is 0.144. The van der Waals surface area contributed by atoms with E-state index in [4.69, 9.17) is 16.3 Å². The predicted molar refractivity (Wildman–Crippen MR) is 114 cm³/mol. The van der Waals surface area contributed by atoms with Gasteiger partial charge in [0.15, 0.2) is 0 Å². The van der Waals surface area contributed by atoms with E-state index >= 15 is 0 Å². The molecule has 0 fully saturated rings. The lowest BCUT2D eigenvalue weighted by molar-refractivity contribution is -0.137. The van der Waals surface area contributed by atoms with E-state index in [0.29, 0.717) is 41.2 Å². The van der Waals surface area contributed by atoms with E-state index in [0.717, 1.165) is 17.2 Å². The van der Waals surface area contributed by atoms with Crippen LogP contribution in [0.15, 0.2) is 43.0 Å². The molecule has 0 aliphatic carbocycles. The third-order valence-electron chi connectivity index (χ3n) is 4.54. The van der Waals surface area contributed by atoms with Crippen molar-refractivity contribution >= 4 is 28.6 Å². The van der Waals surface area contributed by atoms with Gasteiger partial charge in [0, 0.05) is 16.7 Å². The summed E-state index contributed by atoms with van der Waals surface area (Å²) in [5, 5.41) is 20.5. The Kier molecular flexibility index (Phi) is 5.94. The number of aromatic hydroxyl groups is 1. The molecule has 152 valence electrons. The Balaban J connectivity index is 1.98. The molecule has 0 unspecified atom stereocenters. The number of hydrogen-bond donors (Lipinski definition) is 1. The largest absolute Gasteiger partial charge is 0.505 e. The lowest BCUT2D eigenvalue weighted by Gasteiger charge is -2.23. The number of carbonyl (C=O) groups excluding carboxylic acids is 1. The van der Waals surface area contributed by atoms with Gasteiger partial charge in [-0.25, -0.2) is 4.79 Å². The smallest absolute Gasteiger partial charge is 0.330 e. The molecule has 0 spiro atoms. The summed E-state index contributed by atoms with van der Waals surface area (Å²) in [5.41, 5.74) is 3.36. The minimum atomic E-state index is -0.433. The van der Waals surface area contributed by atoms with Crippen LogP contribution in [0.4, 0.5) is 0 Å². The second-order valence-corrected chi connectivity index (χ2v) is 8.30. The molecule has 0 bridgehead atoms. The Morgan fingerprint density at radius 3 is 2.66 bits per heavy atom. The van der Waals surface area contributed by atoms with Crippen molar-refractivity contribution in [1.29, 1.82) is 0 Å². The van der Waals surface area contributed by atoms with E-state index in [1.807, 2.05) is 32.9 Å². The first-order chi connectivity index (χ1) is 13.7. The van der Waals surface area contributed by atoms with Gasteiger partial charge in [-0.05, 0) is 48.1 Å². The first-order valence-corrected chi connectivity index (χ1v) is 9.75. The number of aromatic nitrogens is 3. The fraction of sp³-hybridized carbons (Fsp3) is 0.318. The number of aryl methyl sites for hydroxylation is 1. The Bertz CT molecular complexity index is 1070. The van der Waals surface area contributed by atoms with Crippen molar-refractivity contribution in [3.8, 4) is 11.4 Å². The van der Waals surface area contributed by atoms with Crippen molar-refractivity contribution in [1.82, 2.24) is 15.0 Å². The van der Waals surface area contributed by atoms with Gasteiger partial charge in [0.1, 0.15) is 22.5 Å². The molecule has 3 aromatic rings. The molecule has 7 heteroatoms. The van der Waals surface area contributed by atoms with Crippen LogP contribution < -0.4 is 0 Å². The Hall–Kier alpha value is -2.86. The normalized spacial score (nSPS) is 11.6. The first kappa shape index (κ1) is 20.9. The van der Waals surface area contributed by atoms with Gasteiger partial charge in [0.05, 0.1) is 6.61 Å². The van der Waals surface area contributed by atoms with Gasteiger partial charge in [-0.15, -0.1) is 15.0 Å². The molecule has 0 saturated carbocycles. The zero-order valence-corrected chi connectivity index (χ0v) is 17.5. The Labute approximate surface area is 174 Å². The summed E-state index contributed by atoms with van der Waals surface area (Å²) in [6.45, 7) is 9.79. The lowest BCUT2D eigenvalue weighted by Crippen LogP contribution is -2.14. The second-order valence-electron chi connectivity index (χ2n) is 7.86. The van der Waals surface area contributed by atoms with Gasteiger partial charge in [-0.2, -0.15) is 0 Å². The van der Waals surface area contributed by atoms with Crippen molar-refractivity contribution < 1.29 is 14.6 Å². The van der Waals surface area contributed by atoms with Crippen LogP contribution in [0.1, 0.15) is 38.3 Å². The summed E-state index contributed by atoms with van der Waals surface area (Å²) in [7, 11) is 0. The highest BCUT2D eigenvalue weighted by atomic mass is 35.5. The van der Waals surface area contributed by atoms with Crippen LogP contribution in [0.3, 0.4) is 0 Å². The number of phenolic OH excluding ortho intramolecular Hbond substituents is 1. The number of rotatable bonds is 6. The number of fused-ring (bicyclic) bond motifs is 1. The molecular formula is C22H24ClN3O3. The summed E-state index contributed by atoms with van der Waals surface area (Å²) in [4.78, 5) is 12.6. The van der Waals surface area contributed by atoms with Crippen molar-refractivity contribution in [2.75, 3.05) is 6.61 Å². The van der Waals surface area contributed by atoms with E-state index in [9.17, 15) is 9.90 Å². The van der Waals surface area contributed by atoms with Crippen molar-refractivity contribution in [3.63, 3.8) is 0 Å². The molecule has 3 rings (SSSR count). The predicted octanol–water partition coefficient (Wildman–Crippen LogP) is 4.74. The van der Waals surface area contributed by atoms with E-state index in [-0.39, 0.29) is 11.2 Å². The van der Waals surface area contributed by atoms with Gasteiger partial charge in [0.25, 0.3) is 0 Å². The highest BCUT2D eigenvalue weighted by Gasteiger charge is 2.23. The molecule has 0 radical (unpaired) electrons. The number of phenols is 1. The van der Waals surface area contributed by atoms with Gasteiger partial charge < -0.3 is 9.84 Å². The molecule has 0 saturated heterocycles. The summed E-state index contributed by atoms with van der Waals surface area (Å²) in [6, 6.07) is 9.12. The number of carbonyl (C=O) groups is 1. The van der Waals surface area contributed by atoms with Gasteiger partial charge >= 0.3 is 5.97 Å². The van der Waals surface area contributed by atoms with E-state index < -0.39 is 5.97 Å². The number of ether oxygens (including phenoxy) is 1. The molecule has 0 aliphatic heterocycles. The Morgan fingerprint density at radius 2 is 1.97 bits per heavy atom. The molecule has 0 amide bonds. The number of esters is 1. The molecule has 6 nitrogen and oxygen atoms in total. The van der Waals surface area contributed by atoms with Crippen LogP contribution in [0.5, 0.6) is 5.75 Å². The van der Waals surface area contributed by atoms with E-state index in [2.05, 4.69) is 16.8 Å². The highest BCUT2D eigenvalue weighted by molar-refractivity contribution is 6.31. The number of nitrogens with zero attached hydrogens (tertiary/aromatic N) is 3. The van der Waals surface area contributed by atoms with Crippen molar-refractivity contribution in [2.45, 2.75) is 39.0 Å². The minimum Gasteiger partial charge on any atom is -0.505 e. The second kappa shape index (κ2) is 8.25. The summed E-state index contributed by atoms with van der Waals surface area (Å²) < 4.78 is 5.05. The average Bonchev–Trinajstić information content (AvgIpc) is 3.07. The summed E-state index contributed by atoms with van der Waals surface area (Å²) in [5.74, 6) is -0.288. The average molecular weight is 414 g/mol. The van der Waals surface area contributed by atoms with Gasteiger partial charge in [-0.1, -0.05) is 45.0 Å². The standard InChI is InChI=1S/C22H24ClN3O3/c1-5-20(27)29-10-6-7-14-11-16(22(2,3)4)21(28)19(12-14)26-24-17-9-8-15(23)13-18(17)25-26/h5,8-9,11-13,28H,1,6-7,10H2,2-4H3. The summed E-state index contributed by atoms with van der Waals surface area (Å²) in [6.07, 6.45) is 2.47. The third-order valence-corrected chi connectivity index (χ3v) is 4.77. The molecule has 2 aromatic carbocycles. The highest BCUT2D eigenvalue weighted by Crippen LogP contribution is 2.36. The Morgan fingerprint density at radius 1 is 1.24 bits per heavy atom. The fourth-order valence-electron chi connectivity index (χ4n) is 3.05. The fourth-order valence-corrected chi connectivity index (χ4v) is 3.22. The van der Waals surface area contributed by atoms with E-state index in [1.54, 1.807) is 18.2 Å². The van der Waals surface area contributed by atoms with E-state index in [1.165, 1.54) is 4.80 Å². The SMILES string of the molecule is C=CC(=O)OCCCc1cc(-n2nc3ccc(Cl)cc3n2)c(O)c(C(C)(C)C)c1. The third kappa shape index (κ3) is 4.77. The maximum Gasteiger partial charge on any atom is 0.330 e. The number of hydrogen-bond acceptors (Lipinski definition) is 5. The van der Waals surface area contributed by atoms with Gasteiger partial charge in [0.2, 0.25) is 0 Å². The van der Waals surface area contributed by atoms with Crippen LogP contribution in [0, 0.1) is 0 Å². The van der Waals surface area contributed by atoms with Crippen LogP contribution in [-0.2, 0) is 21.4 Å². The lowest BCUT2D eigenvalue weighted by atomic mass is 9.84. The van der Waals surface area contributed by atoms with Gasteiger partial charge in [-0.3, -0.25) is 0 Å². The number of halogens is 1. The monoisotopic (exact) mass is 413 g/mol. The molecule has 1 N–H and O–H groups in total. The maximum absolute atomic E-state index is 11.2. The topological polar surface area (TPSA) is 77.2 Å². The van der Waals surface area contributed by atoms with Crippen molar-refractivity contribution in [3.05, 3.63) is 59.1 Å². The number of benzene rings is 2. The maximum atomic E-state index is 11.2. The molecule has 0 aliphatic rings. The molecule has 29 heavy (non-hydrogen) atoms. The molecule has 1 aromatic heterocycles. The summed E-state index contributed by atoms with van der Waals surface area (Å²) >= 11 is 6.05. The van der Waals surface area contributed by atoms with Crippen LogP contribution in [0.25, 0.3) is 16.7 Å².